The number of aromatic nitrogens is 1. The van der Waals surface area contributed by atoms with Crippen LogP contribution in [0.2, 0.25) is 0 Å². The highest BCUT2D eigenvalue weighted by Gasteiger charge is 2.38. The zero-order valence-electron chi connectivity index (χ0n) is 17.7. The van der Waals surface area contributed by atoms with Crippen LogP contribution < -0.4 is 5.32 Å². The molecule has 182 valence electrons. The van der Waals surface area contributed by atoms with Crippen molar-refractivity contribution in [2.24, 2.45) is 0 Å². The third kappa shape index (κ3) is 9.58. The van der Waals surface area contributed by atoms with E-state index >= 15 is 0 Å². The third-order valence-electron chi connectivity index (χ3n) is 4.69. The van der Waals surface area contributed by atoms with Gasteiger partial charge in [0.05, 0.1) is 19.4 Å². The van der Waals surface area contributed by atoms with Gasteiger partial charge in [-0.05, 0) is 43.7 Å². The Morgan fingerprint density at radius 3 is 2.39 bits per heavy atom. The quantitative estimate of drug-likeness (QED) is 0.447. The normalized spacial score (nSPS) is 14.3. The lowest BCUT2D eigenvalue weighted by molar-refractivity contribution is -0.192. The van der Waals surface area contributed by atoms with Crippen molar-refractivity contribution in [3.63, 3.8) is 0 Å². The number of hydrogen-bond acceptors (Lipinski definition) is 6. The number of morpholine rings is 1. The number of carboxylic acid groups (broad SMARTS) is 1. The van der Waals surface area contributed by atoms with Crippen LogP contribution in [0.4, 0.5) is 17.6 Å². The Balaban J connectivity index is 0.000000479. The molecule has 0 unspecified atom stereocenters. The summed E-state index contributed by atoms with van der Waals surface area (Å²) in [5.41, 5.74) is 1.60. The van der Waals surface area contributed by atoms with Gasteiger partial charge >= 0.3 is 12.1 Å². The molecule has 1 aromatic heterocycles. The smallest absolute Gasteiger partial charge is 0.475 e. The zero-order chi connectivity index (χ0) is 24.3. The number of nitrogens with one attached hydrogen (secondary N) is 1. The predicted molar refractivity (Wildman–Crippen MR) is 109 cm³/mol. The fraction of sp³-hybridized carbons (Fsp3) is 0.476. The average molecular weight is 475 g/mol. The number of carboxylic acids is 1. The number of halogens is 4. The second-order valence-corrected chi connectivity index (χ2v) is 7.15. The molecule has 1 aliphatic rings. The van der Waals surface area contributed by atoms with Gasteiger partial charge in [0.1, 0.15) is 5.82 Å². The summed E-state index contributed by atoms with van der Waals surface area (Å²) in [5, 5.41) is 13.9. The largest absolute Gasteiger partial charge is 0.490 e. The lowest BCUT2D eigenvalue weighted by Gasteiger charge is -2.26. The highest BCUT2D eigenvalue weighted by Crippen LogP contribution is 2.24. The predicted octanol–water partition coefficient (Wildman–Crippen LogP) is 2.89. The van der Waals surface area contributed by atoms with E-state index in [2.05, 4.69) is 15.4 Å². The number of nitrogens with zero attached hydrogens (tertiary/aromatic N) is 2. The molecule has 1 fully saturated rings. The van der Waals surface area contributed by atoms with Gasteiger partial charge in [-0.15, -0.1) is 0 Å². The molecule has 33 heavy (non-hydrogen) atoms. The molecule has 0 spiro atoms. The Kier molecular flexibility index (Phi) is 10.3. The fourth-order valence-electron chi connectivity index (χ4n) is 2.97. The Morgan fingerprint density at radius 1 is 1.15 bits per heavy atom. The van der Waals surface area contributed by atoms with E-state index in [1.54, 1.807) is 18.3 Å². The summed E-state index contributed by atoms with van der Waals surface area (Å²) in [6.07, 6.45) is -1.64. The van der Waals surface area contributed by atoms with Crippen molar-refractivity contribution < 1.29 is 41.5 Å². The average Bonchev–Trinajstić information content (AvgIpc) is 3.25. The molecule has 12 heteroatoms. The Hall–Kier alpha value is -2.99. The molecule has 3 rings (SSSR count). The first kappa shape index (κ1) is 26.3. The molecule has 8 nitrogen and oxygen atoms in total. The molecule has 1 aromatic carbocycles. The maximum Gasteiger partial charge on any atom is 0.490 e. The van der Waals surface area contributed by atoms with E-state index in [0.717, 1.165) is 50.4 Å². The number of aryl methyl sites for hydroxylation is 1. The van der Waals surface area contributed by atoms with E-state index in [0.29, 0.717) is 25.1 Å². The number of aliphatic carboxylic acids is 1. The van der Waals surface area contributed by atoms with Crippen molar-refractivity contribution in [2.45, 2.75) is 25.4 Å². The number of rotatable bonds is 8. The van der Waals surface area contributed by atoms with Gasteiger partial charge < -0.3 is 19.7 Å². The molecule has 1 amide bonds. The summed E-state index contributed by atoms with van der Waals surface area (Å²) >= 11 is 0. The highest BCUT2D eigenvalue weighted by molar-refractivity contribution is 5.76. The van der Waals surface area contributed by atoms with E-state index in [1.165, 1.54) is 12.1 Å². The molecule has 0 atom stereocenters. The van der Waals surface area contributed by atoms with Crippen molar-refractivity contribution in [1.29, 1.82) is 0 Å². The van der Waals surface area contributed by atoms with E-state index in [9.17, 15) is 22.4 Å². The van der Waals surface area contributed by atoms with Crippen LogP contribution in [0.15, 0.2) is 35.0 Å². The lowest BCUT2D eigenvalue weighted by atomic mass is 10.1. The Bertz CT molecular complexity index is 881. The molecule has 1 saturated heterocycles. The Morgan fingerprint density at radius 2 is 1.79 bits per heavy atom. The van der Waals surface area contributed by atoms with Crippen LogP contribution >= 0.6 is 0 Å². The van der Waals surface area contributed by atoms with Crippen LogP contribution in [-0.2, 0) is 20.7 Å². The number of ether oxygens (including phenoxy) is 1. The van der Waals surface area contributed by atoms with E-state index in [1.807, 2.05) is 0 Å². The second kappa shape index (κ2) is 12.9. The summed E-state index contributed by atoms with van der Waals surface area (Å²) in [4.78, 5) is 23.3. The van der Waals surface area contributed by atoms with Crippen LogP contribution in [-0.4, -0.2) is 72.6 Å². The highest BCUT2D eigenvalue weighted by atomic mass is 19.4. The van der Waals surface area contributed by atoms with Gasteiger partial charge in [-0.25, -0.2) is 9.18 Å². The summed E-state index contributed by atoms with van der Waals surface area (Å²) < 4.78 is 55.4. The summed E-state index contributed by atoms with van der Waals surface area (Å²) in [6.45, 7) is 5.17. The van der Waals surface area contributed by atoms with Crippen LogP contribution in [0.3, 0.4) is 0 Å². The first-order valence-corrected chi connectivity index (χ1v) is 10.2. The molecular weight excluding hydrogens is 450 g/mol. The van der Waals surface area contributed by atoms with E-state index in [-0.39, 0.29) is 11.7 Å². The van der Waals surface area contributed by atoms with Crippen molar-refractivity contribution in [3.05, 3.63) is 41.8 Å². The van der Waals surface area contributed by atoms with Gasteiger partial charge in [0.2, 0.25) is 5.91 Å². The Labute approximate surface area is 187 Å². The fourth-order valence-corrected chi connectivity index (χ4v) is 2.97. The third-order valence-corrected chi connectivity index (χ3v) is 4.69. The maximum absolute atomic E-state index is 13.0. The van der Waals surface area contributed by atoms with E-state index in [4.69, 9.17) is 19.2 Å². The monoisotopic (exact) mass is 475 g/mol. The van der Waals surface area contributed by atoms with Gasteiger partial charge in [-0.2, -0.15) is 13.2 Å². The molecule has 0 aliphatic carbocycles. The summed E-state index contributed by atoms with van der Waals surface area (Å²) in [5.74, 6) is -2.46. The van der Waals surface area contributed by atoms with Gasteiger partial charge in [0, 0.05) is 37.2 Å². The number of alkyl halides is 3. The van der Waals surface area contributed by atoms with E-state index < -0.39 is 12.1 Å². The molecular formula is C21H25F4N3O5. The van der Waals surface area contributed by atoms with Gasteiger partial charge in [0.15, 0.2) is 5.76 Å². The summed E-state index contributed by atoms with van der Waals surface area (Å²) in [6, 6.07) is 6.04. The first-order valence-electron chi connectivity index (χ1n) is 10.2. The minimum atomic E-state index is -5.08. The lowest BCUT2D eigenvalue weighted by Crippen LogP contribution is -2.38. The van der Waals surface area contributed by atoms with Gasteiger partial charge in [0.25, 0.3) is 0 Å². The van der Waals surface area contributed by atoms with Crippen molar-refractivity contribution in [1.82, 2.24) is 15.4 Å². The zero-order valence-corrected chi connectivity index (χ0v) is 17.7. The topological polar surface area (TPSA) is 105 Å². The SMILES string of the molecule is O=C(CCc1cnoc1-c1ccc(F)cc1)NCCCN1CCOCC1.O=C(O)C(F)(F)F. The second-order valence-electron chi connectivity index (χ2n) is 7.15. The van der Waals surface area contributed by atoms with Crippen molar-refractivity contribution in [2.75, 3.05) is 39.4 Å². The number of hydrogen-bond donors (Lipinski definition) is 2. The number of amides is 1. The molecule has 1 aliphatic heterocycles. The molecule has 0 radical (unpaired) electrons. The molecule has 2 heterocycles. The standard InChI is InChI=1S/C19H24FN3O3.C2HF3O2/c20-17-5-2-15(3-6-17)19-16(14-22-26-19)4-7-18(24)21-8-1-9-23-10-12-25-13-11-23;3-2(4,5)1(6)7/h2-3,5-6,14H,1,4,7-13H2,(H,21,24);(H,6,7). The van der Waals surface area contributed by atoms with Crippen LogP contribution in [0.1, 0.15) is 18.4 Å². The molecule has 0 bridgehead atoms. The van der Waals surface area contributed by atoms with Crippen LogP contribution in [0.25, 0.3) is 11.3 Å². The minimum Gasteiger partial charge on any atom is -0.475 e. The van der Waals surface area contributed by atoms with Crippen LogP contribution in [0.5, 0.6) is 0 Å². The summed E-state index contributed by atoms with van der Waals surface area (Å²) in [7, 11) is 0. The van der Waals surface area contributed by atoms with Gasteiger partial charge in [-0.1, -0.05) is 5.16 Å². The van der Waals surface area contributed by atoms with Crippen LogP contribution in [0, 0.1) is 5.82 Å². The molecule has 2 N–H and O–H groups in total. The van der Waals surface area contributed by atoms with Gasteiger partial charge in [-0.3, -0.25) is 9.69 Å². The van der Waals surface area contributed by atoms with Crippen molar-refractivity contribution in [3.8, 4) is 11.3 Å². The molecule has 2 aromatic rings. The molecule has 0 saturated carbocycles. The number of carbonyl (C=O) groups excluding carboxylic acids is 1. The number of benzene rings is 1. The number of carbonyl (C=O) groups is 2. The maximum atomic E-state index is 13.0. The minimum absolute atomic E-state index is 0.0123. The first-order chi connectivity index (χ1) is 15.7. The van der Waals surface area contributed by atoms with Crippen molar-refractivity contribution >= 4 is 11.9 Å².